The van der Waals surface area contributed by atoms with Gasteiger partial charge < -0.3 is 0 Å². The third-order valence-corrected chi connectivity index (χ3v) is 3.98. The summed E-state index contributed by atoms with van der Waals surface area (Å²) >= 11 is 0. The van der Waals surface area contributed by atoms with Gasteiger partial charge in [0.25, 0.3) is 0 Å². The molecule has 0 aromatic heterocycles. The SMILES string of the molecule is Cc1cc(C)c(-c2ccccc2S(=O)(=O)F)c(C)c1. The third kappa shape index (κ3) is 2.68. The van der Waals surface area contributed by atoms with Crippen molar-refractivity contribution in [1.29, 1.82) is 0 Å². The molecule has 0 unspecified atom stereocenters. The summed E-state index contributed by atoms with van der Waals surface area (Å²) in [5.41, 5.74) is 4.17. The number of hydrogen-bond donors (Lipinski definition) is 0. The molecule has 0 radical (unpaired) electrons. The molecule has 2 aromatic rings. The molecule has 0 saturated carbocycles. The van der Waals surface area contributed by atoms with Crippen molar-refractivity contribution < 1.29 is 12.3 Å². The van der Waals surface area contributed by atoms with Gasteiger partial charge in [0, 0.05) is 5.56 Å². The first-order chi connectivity index (χ1) is 8.80. The molecule has 0 N–H and O–H groups in total. The van der Waals surface area contributed by atoms with Crippen LogP contribution in [0.1, 0.15) is 16.7 Å². The quantitative estimate of drug-likeness (QED) is 0.780. The first kappa shape index (κ1) is 13.7. The Labute approximate surface area is 113 Å². The second-order valence-corrected chi connectivity index (χ2v) is 6.02. The minimum Gasteiger partial charge on any atom is -0.189 e. The summed E-state index contributed by atoms with van der Waals surface area (Å²) in [5, 5.41) is 0. The van der Waals surface area contributed by atoms with Crippen LogP contribution in [0.5, 0.6) is 0 Å². The van der Waals surface area contributed by atoms with Crippen molar-refractivity contribution in [1.82, 2.24) is 0 Å². The van der Waals surface area contributed by atoms with Crippen LogP contribution < -0.4 is 0 Å². The molecule has 0 atom stereocenters. The van der Waals surface area contributed by atoms with Gasteiger partial charge in [-0.2, -0.15) is 8.42 Å². The number of aryl methyl sites for hydroxylation is 3. The van der Waals surface area contributed by atoms with Gasteiger partial charge in [-0.15, -0.1) is 3.89 Å². The highest BCUT2D eigenvalue weighted by atomic mass is 32.3. The minimum atomic E-state index is -4.73. The zero-order valence-corrected chi connectivity index (χ0v) is 11.9. The summed E-state index contributed by atoms with van der Waals surface area (Å²) in [7, 11) is -4.73. The van der Waals surface area contributed by atoms with E-state index in [0.717, 1.165) is 22.3 Å². The van der Waals surface area contributed by atoms with Crippen molar-refractivity contribution in [3.05, 3.63) is 53.1 Å². The summed E-state index contributed by atoms with van der Waals surface area (Å²) in [5.74, 6) is 0. The van der Waals surface area contributed by atoms with E-state index >= 15 is 0 Å². The standard InChI is InChI=1S/C15H15FO2S/c1-10-8-11(2)15(12(3)9-10)13-6-4-5-7-14(13)19(16,17)18/h4-9H,1-3H3. The topological polar surface area (TPSA) is 34.1 Å². The van der Waals surface area contributed by atoms with Gasteiger partial charge in [-0.3, -0.25) is 0 Å². The van der Waals surface area contributed by atoms with Crippen LogP contribution in [0, 0.1) is 20.8 Å². The van der Waals surface area contributed by atoms with E-state index in [1.807, 2.05) is 32.9 Å². The monoisotopic (exact) mass is 278 g/mol. The molecule has 0 amide bonds. The van der Waals surface area contributed by atoms with Crippen LogP contribution in [0.25, 0.3) is 11.1 Å². The number of benzene rings is 2. The molecule has 0 saturated heterocycles. The first-order valence-electron chi connectivity index (χ1n) is 5.92. The minimum absolute atomic E-state index is 0.273. The van der Waals surface area contributed by atoms with E-state index in [4.69, 9.17) is 0 Å². The predicted molar refractivity (Wildman–Crippen MR) is 74.4 cm³/mol. The third-order valence-electron chi connectivity index (χ3n) is 3.10. The molecule has 0 aliphatic heterocycles. The fraction of sp³-hybridized carbons (Fsp3) is 0.200. The maximum Gasteiger partial charge on any atom is 0.332 e. The zero-order chi connectivity index (χ0) is 14.2. The summed E-state index contributed by atoms with van der Waals surface area (Å²) in [6.07, 6.45) is 0. The van der Waals surface area contributed by atoms with Gasteiger partial charge in [-0.1, -0.05) is 35.9 Å². The zero-order valence-electron chi connectivity index (χ0n) is 11.1. The number of rotatable bonds is 2. The molecule has 100 valence electrons. The molecule has 0 aliphatic rings. The molecular formula is C15H15FO2S. The van der Waals surface area contributed by atoms with E-state index in [0.29, 0.717) is 5.56 Å². The van der Waals surface area contributed by atoms with Crippen molar-refractivity contribution in [3.63, 3.8) is 0 Å². The summed E-state index contributed by atoms with van der Waals surface area (Å²) in [6.45, 7) is 5.77. The van der Waals surface area contributed by atoms with E-state index in [2.05, 4.69) is 0 Å². The Hall–Kier alpha value is -1.68. The Morgan fingerprint density at radius 3 is 2.00 bits per heavy atom. The predicted octanol–water partition coefficient (Wildman–Crippen LogP) is 3.94. The second kappa shape index (κ2) is 4.78. The van der Waals surface area contributed by atoms with E-state index < -0.39 is 10.2 Å². The van der Waals surface area contributed by atoms with Crippen LogP contribution in [-0.4, -0.2) is 8.42 Å². The Kier molecular flexibility index (Phi) is 3.45. The normalized spacial score (nSPS) is 11.6. The lowest BCUT2D eigenvalue weighted by Crippen LogP contribution is -1.98. The Balaban J connectivity index is 2.81. The van der Waals surface area contributed by atoms with Crippen LogP contribution >= 0.6 is 0 Å². The van der Waals surface area contributed by atoms with Crippen LogP contribution in [0.3, 0.4) is 0 Å². The van der Waals surface area contributed by atoms with E-state index in [-0.39, 0.29) is 4.90 Å². The van der Waals surface area contributed by atoms with Crippen LogP contribution in [0.2, 0.25) is 0 Å². The number of hydrogen-bond acceptors (Lipinski definition) is 2. The average molecular weight is 278 g/mol. The summed E-state index contributed by atoms with van der Waals surface area (Å²) in [4.78, 5) is -0.273. The maximum atomic E-state index is 13.4. The first-order valence-corrected chi connectivity index (χ1v) is 7.31. The van der Waals surface area contributed by atoms with Gasteiger partial charge in [0.1, 0.15) is 4.90 Å². The van der Waals surface area contributed by atoms with Crippen LogP contribution in [0.4, 0.5) is 3.89 Å². The fourth-order valence-electron chi connectivity index (χ4n) is 2.49. The molecule has 2 aromatic carbocycles. The molecule has 0 fully saturated rings. The van der Waals surface area contributed by atoms with Crippen molar-refractivity contribution in [2.45, 2.75) is 25.7 Å². The highest BCUT2D eigenvalue weighted by molar-refractivity contribution is 7.86. The molecule has 0 heterocycles. The summed E-state index contributed by atoms with van der Waals surface area (Å²) in [6, 6.07) is 10.1. The fourth-order valence-corrected chi connectivity index (χ4v) is 3.16. The average Bonchev–Trinajstić information content (AvgIpc) is 2.26. The highest BCUT2D eigenvalue weighted by Gasteiger charge is 2.19. The lowest BCUT2D eigenvalue weighted by Gasteiger charge is -2.13. The van der Waals surface area contributed by atoms with Crippen LogP contribution in [-0.2, 0) is 10.2 Å². The molecule has 0 bridgehead atoms. The highest BCUT2D eigenvalue weighted by Crippen LogP contribution is 2.33. The van der Waals surface area contributed by atoms with Gasteiger partial charge in [0.15, 0.2) is 0 Å². The molecule has 2 nitrogen and oxygen atoms in total. The van der Waals surface area contributed by atoms with Gasteiger partial charge in [0.2, 0.25) is 0 Å². The van der Waals surface area contributed by atoms with Gasteiger partial charge in [-0.05, 0) is 43.5 Å². The van der Waals surface area contributed by atoms with Crippen molar-refractivity contribution in [2.75, 3.05) is 0 Å². The molecule has 4 heteroatoms. The molecule has 2 rings (SSSR count). The Morgan fingerprint density at radius 2 is 1.47 bits per heavy atom. The van der Waals surface area contributed by atoms with E-state index in [1.165, 1.54) is 12.1 Å². The van der Waals surface area contributed by atoms with Crippen molar-refractivity contribution in [3.8, 4) is 11.1 Å². The lowest BCUT2D eigenvalue weighted by molar-refractivity contribution is 0.552. The molecule has 0 aliphatic carbocycles. The second-order valence-electron chi connectivity index (χ2n) is 4.71. The molecule has 19 heavy (non-hydrogen) atoms. The van der Waals surface area contributed by atoms with E-state index in [9.17, 15) is 12.3 Å². The molecular weight excluding hydrogens is 263 g/mol. The number of halogens is 1. The summed E-state index contributed by atoms with van der Waals surface area (Å²) < 4.78 is 35.9. The van der Waals surface area contributed by atoms with Crippen molar-refractivity contribution >= 4 is 10.2 Å². The maximum absolute atomic E-state index is 13.4. The molecule has 0 spiro atoms. The van der Waals surface area contributed by atoms with E-state index in [1.54, 1.807) is 12.1 Å². The smallest absolute Gasteiger partial charge is 0.189 e. The Morgan fingerprint density at radius 1 is 0.947 bits per heavy atom. The van der Waals surface area contributed by atoms with Gasteiger partial charge in [0.05, 0.1) is 0 Å². The van der Waals surface area contributed by atoms with Crippen LogP contribution in [0.15, 0.2) is 41.3 Å². The largest absolute Gasteiger partial charge is 0.332 e. The lowest BCUT2D eigenvalue weighted by atomic mass is 9.94. The van der Waals surface area contributed by atoms with Gasteiger partial charge >= 0.3 is 10.2 Å². The van der Waals surface area contributed by atoms with Gasteiger partial charge in [-0.25, -0.2) is 0 Å². The Bertz CT molecular complexity index is 711. The van der Waals surface area contributed by atoms with Crippen molar-refractivity contribution in [2.24, 2.45) is 0 Å².